The Hall–Kier alpha value is -0.310. The van der Waals surface area contributed by atoms with Gasteiger partial charge in [0.05, 0.1) is 5.70 Å². The van der Waals surface area contributed by atoms with Crippen LogP contribution in [0.4, 0.5) is 0 Å². The molecule has 13 heavy (non-hydrogen) atoms. The summed E-state index contributed by atoms with van der Waals surface area (Å²) in [6.07, 6.45) is 4.64. The van der Waals surface area contributed by atoms with Gasteiger partial charge >= 0.3 is 0 Å². The van der Waals surface area contributed by atoms with E-state index in [-0.39, 0.29) is 4.93 Å². The Kier molecular flexibility index (Phi) is 2.45. The van der Waals surface area contributed by atoms with Crippen LogP contribution in [0.5, 0.6) is 0 Å². The van der Waals surface area contributed by atoms with Crippen molar-refractivity contribution in [2.45, 2.75) is 31.6 Å². The average Bonchev–Trinajstić information content (AvgIpc) is 2.56. The fourth-order valence-corrected chi connectivity index (χ4v) is 2.56. The van der Waals surface area contributed by atoms with Gasteiger partial charge in [-0.25, -0.2) is 0 Å². The standard InChI is InChI=1S/C10H17NOS/c1-10(2)12-7-9(8-13-10)11-5-3-4-6-11/h7H,3-6,8H2,1-2H3. The maximum atomic E-state index is 5.65. The van der Waals surface area contributed by atoms with Crippen LogP contribution in [0.1, 0.15) is 26.7 Å². The lowest BCUT2D eigenvalue weighted by Crippen LogP contribution is -2.28. The lowest BCUT2D eigenvalue weighted by molar-refractivity contribution is 0.134. The minimum absolute atomic E-state index is 0.0246. The summed E-state index contributed by atoms with van der Waals surface area (Å²) in [5, 5.41) is 0. The van der Waals surface area contributed by atoms with Crippen LogP contribution in [-0.2, 0) is 4.74 Å². The third-order valence-corrected chi connectivity index (χ3v) is 3.79. The number of thioether (sulfide) groups is 1. The number of nitrogens with zero attached hydrogens (tertiary/aromatic N) is 1. The third kappa shape index (κ3) is 2.13. The van der Waals surface area contributed by atoms with Crippen LogP contribution in [0, 0.1) is 0 Å². The first-order chi connectivity index (χ1) is 6.17. The summed E-state index contributed by atoms with van der Waals surface area (Å²) in [7, 11) is 0. The molecule has 0 atom stereocenters. The van der Waals surface area contributed by atoms with E-state index >= 15 is 0 Å². The summed E-state index contributed by atoms with van der Waals surface area (Å²) in [5.41, 5.74) is 1.38. The smallest absolute Gasteiger partial charge is 0.148 e. The molecule has 2 aliphatic rings. The first-order valence-electron chi connectivity index (χ1n) is 4.93. The van der Waals surface area contributed by atoms with E-state index in [9.17, 15) is 0 Å². The van der Waals surface area contributed by atoms with E-state index in [1.165, 1.54) is 31.6 Å². The Balaban J connectivity index is 1.98. The lowest BCUT2D eigenvalue weighted by atomic mass is 10.4. The molecule has 2 nitrogen and oxygen atoms in total. The molecule has 3 heteroatoms. The largest absolute Gasteiger partial charge is 0.483 e. The van der Waals surface area contributed by atoms with Gasteiger partial charge < -0.3 is 9.64 Å². The van der Waals surface area contributed by atoms with Gasteiger partial charge in [0.2, 0.25) is 0 Å². The Labute approximate surface area is 84.3 Å². The van der Waals surface area contributed by atoms with E-state index in [0.29, 0.717) is 0 Å². The number of ether oxygens (including phenoxy) is 1. The maximum absolute atomic E-state index is 5.65. The highest BCUT2D eigenvalue weighted by Gasteiger charge is 2.26. The minimum Gasteiger partial charge on any atom is -0.483 e. The van der Waals surface area contributed by atoms with E-state index in [1.807, 2.05) is 18.0 Å². The highest BCUT2D eigenvalue weighted by atomic mass is 32.2. The molecule has 0 aromatic heterocycles. The number of hydrogen-bond acceptors (Lipinski definition) is 3. The van der Waals surface area contributed by atoms with Gasteiger partial charge in [-0.15, -0.1) is 11.8 Å². The van der Waals surface area contributed by atoms with Gasteiger partial charge in [-0.05, 0) is 26.7 Å². The van der Waals surface area contributed by atoms with Gasteiger partial charge in [-0.3, -0.25) is 0 Å². The molecule has 0 aromatic rings. The summed E-state index contributed by atoms with van der Waals surface area (Å²) in [5.74, 6) is 1.10. The molecular formula is C10H17NOS. The molecule has 0 bridgehead atoms. The molecule has 0 unspecified atom stereocenters. The molecule has 0 radical (unpaired) electrons. The molecule has 0 aromatic carbocycles. The molecule has 0 amide bonds. The SMILES string of the molecule is CC1(C)OC=C(N2CCCC2)CS1. The Bertz CT molecular complexity index is 219. The second-order valence-corrected chi connectivity index (χ2v) is 5.67. The molecule has 1 fully saturated rings. The summed E-state index contributed by atoms with van der Waals surface area (Å²) in [4.78, 5) is 2.42. The molecule has 0 aliphatic carbocycles. The van der Waals surface area contributed by atoms with E-state index in [0.717, 1.165) is 5.75 Å². The predicted octanol–water partition coefficient (Wildman–Crippen LogP) is 2.42. The Morgan fingerprint density at radius 3 is 2.62 bits per heavy atom. The second kappa shape index (κ2) is 3.45. The molecule has 2 rings (SSSR count). The van der Waals surface area contributed by atoms with E-state index in [4.69, 9.17) is 4.74 Å². The van der Waals surface area contributed by atoms with Gasteiger partial charge in [0.15, 0.2) is 0 Å². The zero-order chi connectivity index (χ0) is 9.31. The topological polar surface area (TPSA) is 12.5 Å². The van der Waals surface area contributed by atoms with Gasteiger partial charge in [0.25, 0.3) is 0 Å². The van der Waals surface area contributed by atoms with Gasteiger partial charge in [-0.1, -0.05) is 0 Å². The van der Waals surface area contributed by atoms with Crippen molar-refractivity contribution < 1.29 is 4.74 Å². The van der Waals surface area contributed by atoms with Crippen LogP contribution in [-0.4, -0.2) is 28.7 Å². The van der Waals surface area contributed by atoms with Crippen LogP contribution in [0.15, 0.2) is 12.0 Å². The molecule has 1 saturated heterocycles. The van der Waals surface area contributed by atoms with Crippen molar-refractivity contribution >= 4 is 11.8 Å². The number of likely N-dealkylation sites (tertiary alicyclic amines) is 1. The van der Waals surface area contributed by atoms with E-state index < -0.39 is 0 Å². The zero-order valence-electron chi connectivity index (χ0n) is 8.38. The van der Waals surface area contributed by atoms with Crippen LogP contribution >= 0.6 is 11.8 Å². The maximum Gasteiger partial charge on any atom is 0.148 e. The van der Waals surface area contributed by atoms with Crippen molar-refractivity contribution in [1.29, 1.82) is 0 Å². The highest BCUT2D eigenvalue weighted by molar-refractivity contribution is 8.00. The van der Waals surface area contributed by atoms with Gasteiger partial charge in [0.1, 0.15) is 11.2 Å². The van der Waals surface area contributed by atoms with E-state index in [1.54, 1.807) is 0 Å². The first-order valence-corrected chi connectivity index (χ1v) is 5.92. The van der Waals surface area contributed by atoms with Crippen molar-refractivity contribution in [3.05, 3.63) is 12.0 Å². The average molecular weight is 199 g/mol. The zero-order valence-corrected chi connectivity index (χ0v) is 9.19. The fourth-order valence-electron chi connectivity index (χ4n) is 1.70. The van der Waals surface area contributed by atoms with Crippen LogP contribution in [0.2, 0.25) is 0 Å². The molecule has 0 N–H and O–H groups in total. The fraction of sp³-hybridized carbons (Fsp3) is 0.800. The van der Waals surface area contributed by atoms with E-state index in [2.05, 4.69) is 18.7 Å². The van der Waals surface area contributed by atoms with Gasteiger partial charge in [-0.2, -0.15) is 0 Å². The summed E-state index contributed by atoms with van der Waals surface area (Å²) < 4.78 is 5.65. The highest BCUT2D eigenvalue weighted by Crippen LogP contribution is 2.34. The van der Waals surface area contributed by atoms with Crippen molar-refractivity contribution in [3.8, 4) is 0 Å². The lowest BCUT2D eigenvalue weighted by Gasteiger charge is -2.32. The van der Waals surface area contributed by atoms with Crippen molar-refractivity contribution in [2.75, 3.05) is 18.8 Å². The second-order valence-electron chi connectivity index (χ2n) is 4.11. The molecule has 0 saturated carbocycles. The molecule has 0 spiro atoms. The minimum atomic E-state index is -0.0246. The number of hydrogen-bond donors (Lipinski definition) is 0. The van der Waals surface area contributed by atoms with Gasteiger partial charge in [0, 0.05) is 18.8 Å². The third-order valence-electron chi connectivity index (χ3n) is 2.56. The summed E-state index contributed by atoms with van der Waals surface area (Å²) >= 11 is 1.88. The Morgan fingerprint density at radius 1 is 1.38 bits per heavy atom. The van der Waals surface area contributed by atoms with Crippen LogP contribution in [0.3, 0.4) is 0 Å². The molecule has 2 heterocycles. The summed E-state index contributed by atoms with van der Waals surface area (Å²) in [6.45, 7) is 6.68. The summed E-state index contributed by atoms with van der Waals surface area (Å²) in [6, 6.07) is 0. The monoisotopic (exact) mass is 199 g/mol. The predicted molar refractivity (Wildman–Crippen MR) is 56.5 cm³/mol. The van der Waals surface area contributed by atoms with Crippen molar-refractivity contribution in [1.82, 2.24) is 4.90 Å². The normalized spacial score (nSPS) is 26.9. The first kappa shape index (κ1) is 9.25. The molecular weight excluding hydrogens is 182 g/mol. The number of rotatable bonds is 1. The van der Waals surface area contributed by atoms with Crippen LogP contribution < -0.4 is 0 Å². The quantitative estimate of drug-likeness (QED) is 0.643. The molecule has 74 valence electrons. The van der Waals surface area contributed by atoms with Crippen molar-refractivity contribution in [3.63, 3.8) is 0 Å². The molecule has 2 aliphatic heterocycles. The Morgan fingerprint density at radius 2 is 2.08 bits per heavy atom. The van der Waals surface area contributed by atoms with Crippen molar-refractivity contribution in [2.24, 2.45) is 0 Å². The van der Waals surface area contributed by atoms with Crippen LogP contribution in [0.25, 0.3) is 0 Å².